The molecule has 1 aromatic heterocycles. The molecule has 0 aliphatic rings. The van der Waals surface area contributed by atoms with E-state index in [1.54, 1.807) is 42.6 Å². The van der Waals surface area contributed by atoms with Gasteiger partial charge < -0.3 is 0 Å². The maximum absolute atomic E-state index is 12.1. The Bertz CT molecular complexity index is 903. The lowest BCUT2D eigenvalue weighted by Crippen LogP contribution is -1.93. The van der Waals surface area contributed by atoms with Crippen molar-refractivity contribution >= 4 is 22.6 Å². The third-order valence-electron chi connectivity index (χ3n) is 3.39. The summed E-state index contributed by atoms with van der Waals surface area (Å²) in [5, 5.41) is 10.9. The van der Waals surface area contributed by atoms with Crippen molar-refractivity contribution < 1.29 is 4.79 Å². The van der Waals surface area contributed by atoms with E-state index in [4.69, 9.17) is 5.26 Å². The molecule has 22 heavy (non-hydrogen) atoms. The minimum atomic E-state index is -0.0840. The maximum atomic E-state index is 12.1. The number of hydrogen-bond donors (Lipinski definition) is 0. The molecule has 3 rings (SSSR count). The highest BCUT2D eigenvalue weighted by Gasteiger charge is 2.01. The Morgan fingerprint density at radius 1 is 1.05 bits per heavy atom. The quantitative estimate of drug-likeness (QED) is 0.539. The zero-order valence-corrected chi connectivity index (χ0v) is 11.7. The molecule has 0 saturated carbocycles. The van der Waals surface area contributed by atoms with Gasteiger partial charge in [-0.3, -0.25) is 9.78 Å². The molecule has 3 aromatic rings. The van der Waals surface area contributed by atoms with E-state index in [1.165, 1.54) is 0 Å². The second kappa shape index (κ2) is 6.02. The molecule has 3 nitrogen and oxygen atoms in total. The molecule has 0 N–H and O–H groups in total. The van der Waals surface area contributed by atoms with Crippen LogP contribution in [0.3, 0.4) is 0 Å². The Hall–Kier alpha value is -3.25. The van der Waals surface area contributed by atoms with Gasteiger partial charge in [0.15, 0.2) is 5.78 Å². The number of aromatic nitrogens is 1. The average molecular weight is 284 g/mol. The highest BCUT2D eigenvalue weighted by Crippen LogP contribution is 2.16. The molecule has 1 heterocycles. The SMILES string of the molecule is N#Cc1ccc(C(=O)/C=C/c2ccc3cnccc3c2)cc1. The fraction of sp³-hybridized carbons (Fsp3) is 0. The maximum Gasteiger partial charge on any atom is 0.185 e. The first-order valence-electron chi connectivity index (χ1n) is 6.82. The fourth-order valence-electron chi connectivity index (χ4n) is 2.18. The summed E-state index contributed by atoms with van der Waals surface area (Å²) in [6.45, 7) is 0. The molecule has 0 aliphatic heterocycles. The molecular weight excluding hydrogens is 272 g/mol. The third-order valence-corrected chi connectivity index (χ3v) is 3.39. The van der Waals surface area contributed by atoms with Crippen molar-refractivity contribution in [2.45, 2.75) is 0 Å². The molecular formula is C19H12N2O. The van der Waals surface area contributed by atoms with Crippen LogP contribution in [-0.4, -0.2) is 10.8 Å². The molecule has 0 amide bonds. The highest BCUT2D eigenvalue weighted by atomic mass is 16.1. The van der Waals surface area contributed by atoms with Crippen molar-refractivity contribution in [1.82, 2.24) is 4.98 Å². The summed E-state index contributed by atoms with van der Waals surface area (Å²) in [6.07, 6.45) is 6.90. The van der Waals surface area contributed by atoms with Gasteiger partial charge in [-0.2, -0.15) is 5.26 Å². The lowest BCUT2D eigenvalue weighted by atomic mass is 10.1. The lowest BCUT2D eigenvalue weighted by Gasteiger charge is -1.99. The van der Waals surface area contributed by atoms with Crippen LogP contribution in [-0.2, 0) is 0 Å². The van der Waals surface area contributed by atoms with Crippen LogP contribution >= 0.6 is 0 Å². The van der Waals surface area contributed by atoms with E-state index >= 15 is 0 Å². The first-order chi connectivity index (χ1) is 10.8. The van der Waals surface area contributed by atoms with Crippen LogP contribution in [0.5, 0.6) is 0 Å². The Labute approximate surface area is 128 Å². The summed E-state index contributed by atoms with van der Waals surface area (Å²) in [7, 11) is 0. The van der Waals surface area contributed by atoms with E-state index in [1.807, 2.05) is 36.5 Å². The second-order valence-electron chi connectivity index (χ2n) is 4.87. The van der Waals surface area contributed by atoms with Crippen LogP contribution in [0.1, 0.15) is 21.5 Å². The monoisotopic (exact) mass is 284 g/mol. The molecule has 104 valence electrons. The number of benzene rings is 2. The van der Waals surface area contributed by atoms with Gasteiger partial charge in [-0.05, 0) is 53.4 Å². The van der Waals surface area contributed by atoms with Gasteiger partial charge in [-0.1, -0.05) is 18.2 Å². The van der Waals surface area contributed by atoms with Gasteiger partial charge in [0.05, 0.1) is 11.6 Å². The van der Waals surface area contributed by atoms with Crippen LogP contribution in [0.15, 0.2) is 67.0 Å². The number of ketones is 1. The predicted molar refractivity (Wildman–Crippen MR) is 86.3 cm³/mol. The van der Waals surface area contributed by atoms with E-state index in [9.17, 15) is 4.79 Å². The van der Waals surface area contributed by atoms with Crippen molar-refractivity contribution in [3.8, 4) is 6.07 Å². The van der Waals surface area contributed by atoms with Crippen LogP contribution < -0.4 is 0 Å². The molecule has 3 heteroatoms. The summed E-state index contributed by atoms with van der Waals surface area (Å²) in [4.78, 5) is 16.2. The molecule has 0 fully saturated rings. The van der Waals surface area contributed by atoms with Crippen molar-refractivity contribution in [2.24, 2.45) is 0 Å². The summed E-state index contributed by atoms with van der Waals surface area (Å²) in [5.41, 5.74) is 2.07. The highest BCUT2D eigenvalue weighted by molar-refractivity contribution is 6.07. The minimum absolute atomic E-state index is 0.0840. The number of nitriles is 1. The molecule has 0 unspecified atom stereocenters. The zero-order chi connectivity index (χ0) is 15.4. The van der Waals surface area contributed by atoms with Gasteiger partial charge in [0.1, 0.15) is 0 Å². The van der Waals surface area contributed by atoms with Crippen molar-refractivity contribution in [2.75, 3.05) is 0 Å². The third kappa shape index (κ3) is 2.92. The second-order valence-corrected chi connectivity index (χ2v) is 4.87. The lowest BCUT2D eigenvalue weighted by molar-refractivity contribution is 0.104. The number of hydrogen-bond acceptors (Lipinski definition) is 3. The normalized spacial score (nSPS) is 10.7. The average Bonchev–Trinajstić information content (AvgIpc) is 2.59. The van der Waals surface area contributed by atoms with Crippen LogP contribution in [0.2, 0.25) is 0 Å². The van der Waals surface area contributed by atoms with E-state index in [-0.39, 0.29) is 5.78 Å². The summed E-state index contributed by atoms with van der Waals surface area (Å²) in [6, 6.07) is 16.5. The van der Waals surface area contributed by atoms with Crippen LogP contribution in [0, 0.1) is 11.3 Å². The Balaban J connectivity index is 1.82. The number of carbonyl (C=O) groups excluding carboxylic acids is 1. The van der Waals surface area contributed by atoms with Gasteiger partial charge in [0.25, 0.3) is 0 Å². The van der Waals surface area contributed by atoms with Gasteiger partial charge >= 0.3 is 0 Å². The summed E-state index contributed by atoms with van der Waals surface area (Å²) < 4.78 is 0. The number of fused-ring (bicyclic) bond motifs is 1. The van der Waals surface area contributed by atoms with Crippen molar-refractivity contribution in [3.63, 3.8) is 0 Å². The van der Waals surface area contributed by atoms with Crippen molar-refractivity contribution in [3.05, 3.63) is 83.7 Å². The Morgan fingerprint density at radius 2 is 1.86 bits per heavy atom. The molecule has 0 bridgehead atoms. The largest absolute Gasteiger partial charge is 0.289 e. The number of rotatable bonds is 3. The molecule has 2 aromatic carbocycles. The van der Waals surface area contributed by atoms with Crippen LogP contribution in [0.25, 0.3) is 16.8 Å². The summed E-state index contributed by atoms with van der Waals surface area (Å²) in [5.74, 6) is -0.0840. The number of carbonyl (C=O) groups is 1. The first-order valence-corrected chi connectivity index (χ1v) is 6.82. The smallest absolute Gasteiger partial charge is 0.185 e. The molecule has 0 atom stereocenters. The molecule has 0 spiro atoms. The zero-order valence-electron chi connectivity index (χ0n) is 11.7. The van der Waals surface area contributed by atoms with E-state index < -0.39 is 0 Å². The summed E-state index contributed by atoms with van der Waals surface area (Å²) >= 11 is 0. The predicted octanol–water partition coefficient (Wildman–Crippen LogP) is 4.00. The van der Waals surface area contributed by atoms with E-state index in [0.29, 0.717) is 11.1 Å². The molecule has 0 radical (unpaired) electrons. The standard InChI is InChI=1S/C19H12N2O/c20-12-15-2-5-16(6-3-15)19(22)8-4-14-1-7-18-13-21-10-9-17(18)11-14/h1-11,13H/b8-4+. The number of allylic oxidation sites excluding steroid dienone is 1. The van der Waals surface area contributed by atoms with E-state index in [2.05, 4.69) is 4.98 Å². The van der Waals surface area contributed by atoms with E-state index in [0.717, 1.165) is 16.3 Å². The Morgan fingerprint density at radius 3 is 2.64 bits per heavy atom. The van der Waals surface area contributed by atoms with Gasteiger partial charge in [0.2, 0.25) is 0 Å². The molecule has 0 aliphatic carbocycles. The topological polar surface area (TPSA) is 53.8 Å². The van der Waals surface area contributed by atoms with Gasteiger partial charge in [0, 0.05) is 23.3 Å². The van der Waals surface area contributed by atoms with Gasteiger partial charge in [-0.15, -0.1) is 0 Å². The fourth-order valence-corrected chi connectivity index (χ4v) is 2.18. The number of nitrogens with zero attached hydrogens (tertiary/aromatic N) is 2. The van der Waals surface area contributed by atoms with Gasteiger partial charge in [-0.25, -0.2) is 0 Å². The minimum Gasteiger partial charge on any atom is -0.289 e. The first kappa shape index (κ1) is 13.7. The van der Waals surface area contributed by atoms with Crippen molar-refractivity contribution in [1.29, 1.82) is 5.26 Å². The molecule has 0 saturated heterocycles. The Kier molecular flexibility index (Phi) is 3.76. The number of pyridine rings is 1. The van der Waals surface area contributed by atoms with Crippen LogP contribution in [0.4, 0.5) is 0 Å².